The van der Waals surface area contributed by atoms with E-state index in [-0.39, 0.29) is 18.2 Å². The number of rotatable bonds is 4. The van der Waals surface area contributed by atoms with E-state index in [0.29, 0.717) is 5.75 Å². The van der Waals surface area contributed by atoms with Crippen LogP contribution in [0.3, 0.4) is 0 Å². The van der Waals surface area contributed by atoms with Gasteiger partial charge in [0.1, 0.15) is 18.1 Å². The Morgan fingerprint density at radius 2 is 2.09 bits per heavy atom. The SMILES string of the molecule is CC1(C)c2cc(OS(C)(=O)=O)ccc2OC1OCC#CCCl. The average Bonchev–Trinajstić information content (AvgIpc) is 2.65. The number of alkyl halides is 1. The van der Waals surface area contributed by atoms with Crippen molar-refractivity contribution in [2.24, 2.45) is 0 Å². The van der Waals surface area contributed by atoms with Crippen LogP contribution in [0.5, 0.6) is 11.5 Å². The summed E-state index contributed by atoms with van der Waals surface area (Å²) in [6.07, 6.45) is 0.490. The van der Waals surface area contributed by atoms with Gasteiger partial charge in [0.25, 0.3) is 0 Å². The van der Waals surface area contributed by atoms with E-state index < -0.39 is 21.8 Å². The second-order valence-corrected chi connectivity index (χ2v) is 7.26. The summed E-state index contributed by atoms with van der Waals surface area (Å²) in [4.78, 5) is 0. The molecule has 120 valence electrons. The third kappa shape index (κ3) is 3.86. The van der Waals surface area contributed by atoms with Crippen LogP contribution in [0.2, 0.25) is 0 Å². The fourth-order valence-corrected chi connectivity index (χ4v) is 2.74. The van der Waals surface area contributed by atoms with Gasteiger partial charge in [-0.1, -0.05) is 11.8 Å². The van der Waals surface area contributed by atoms with Crippen LogP contribution in [0.15, 0.2) is 18.2 Å². The summed E-state index contributed by atoms with van der Waals surface area (Å²) in [6.45, 7) is 4.10. The maximum absolute atomic E-state index is 11.2. The predicted octanol–water partition coefficient (Wildman–Crippen LogP) is 2.28. The molecule has 22 heavy (non-hydrogen) atoms. The molecule has 2 rings (SSSR count). The lowest BCUT2D eigenvalue weighted by Gasteiger charge is -2.25. The molecule has 0 saturated heterocycles. The summed E-state index contributed by atoms with van der Waals surface area (Å²) < 4.78 is 38.7. The maximum Gasteiger partial charge on any atom is 0.306 e. The lowest BCUT2D eigenvalue weighted by atomic mass is 9.85. The van der Waals surface area contributed by atoms with Crippen LogP contribution >= 0.6 is 11.6 Å². The monoisotopic (exact) mass is 344 g/mol. The Morgan fingerprint density at radius 1 is 1.36 bits per heavy atom. The van der Waals surface area contributed by atoms with E-state index >= 15 is 0 Å². The third-order valence-electron chi connectivity index (χ3n) is 3.21. The number of halogens is 1. The normalized spacial score (nSPS) is 18.8. The third-order valence-corrected chi connectivity index (χ3v) is 3.84. The smallest absolute Gasteiger partial charge is 0.306 e. The Kier molecular flexibility index (Phi) is 4.90. The van der Waals surface area contributed by atoms with Crippen LogP contribution in [0.4, 0.5) is 0 Å². The molecule has 0 radical (unpaired) electrons. The van der Waals surface area contributed by atoms with Crippen LogP contribution in [0.1, 0.15) is 19.4 Å². The van der Waals surface area contributed by atoms with Crippen molar-refractivity contribution < 1.29 is 22.1 Å². The van der Waals surface area contributed by atoms with Crippen molar-refractivity contribution in [2.75, 3.05) is 18.7 Å². The first-order valence-corrected chi connectivity index (χ1v) is 8.93. The first-order chi connectivity index (χ1) is 10.2. The maximum atomic E-state index is 11.2. The van der Waals surface area contributed by atoms with Gasteiger partial charge in [0, 0.05) is 5.56 Å². The minimum Gasteiger partial charge on any atom is -0.464 e. The standard InChI is InChI=1S/C15H17ClO5S/c1-15(2)12-10-11(21-22(3,17)18)6-7-13(12)20-14(15)19-9-5-4-8-16/h6-7,10,14H,8-9H2,1-3H3. The minimum absolute atomic E-state index is 0.210. The first-order valence-electron chi connectivity index (χ1n) is 6.58. The first kappa shape index (κ1) is 16.9. The highest BCUT2D eigenvalue weighted by Crippen LogP contribution is 2.44. The molecule has 1 heterocycles. The summed E-state index contributed by atoms with van der Waals surface area (Å²) in [5.41, 5.74) is 0.360. The van der Waals surface area contributed by atoms with Crippen LogP contribution in [0, 0.1) is 11.8 Å². The van der Waals surface area contributed by atoms with Crippen molar-refractivity contribution in [2.45, 2.75) is 25.6 Å². The zero-order valence-corrected chi connectivity index (χ0v) is 14.1. The second kappa shape index (κ2) is 6.37. The molecule has 0 saturated carbocycles. The molecule has 5 nitrogen and oxygen atoms in total. The van der Waals surface area contributed by atoms with Crippen LogP contribution in [-0.2, 0) is 20.3 Å². The Bertz CT molecular complexity index is 715. The Hall–Kier alpha value is -1.42. The summed E-state index contributed by atoms with van der Waals surface area (Å²) in [5, 5.41) is 0. The zero-order valence-electron chi connectivity index (χ0n) is 12.6. The zero-order chi connectivity index (χ0) is 16.4. The van der Waals surface area contributed by atoms with Crippen molar-refractivity contribution >= 4 is 21.7 Å². The molecule has 7 heteroatoms. The average molecular weight is 345 g/mol. The number of benzene rings is 1. The number of hydrogen-bond acceptors (Lipinski definition) is 5. The van der Waals surface area contributed by atoms with E-state index in [4.69, 9.17) is 25.3 Å². The Labute approximate surface area is 135 Å². The highest BCUT2D eigenvalue weighted by Gasteiger charge is 2.42. The summed E-state index contributed by atoms with van der Waals surface area (Å²) >= 11 is 5.47. The van der Waals surface area contributed by atoms with Gasteiger partial charge in [-0.15, -0.1) is 11.6 Å². The quantitative estimate of drug-likeness (QED) is 0.476. The molecule has 0 amide bonds. The molecule has 0 spiro atoms. The molecular formula is C15H17ClO5S. The minimum atomic E-state index is -3.57. The number of ether oxygens (including phenoxy) is 2. The van der Waals surface area contributed by atoms with Crippen molar-refractivity contribution in [3.8, 4) is 23.3 Å². The van der Waals surface area contributed by atoms with Gasteiger partial charge in [0.15, 0.2) is 0 Å². The number of fused-ring (bicyclic) bond motifs is 1. The summed E-state index contributed by atoms with van der Waals surface area (Å²) in [6, 6.07) is 4.88. The molecule has 0 bridgehead atoms. The fourth-order valence-electron chi connectivity index (χ4n) is 2.19. The van der Waals surface area contributed by atoms with Crippen molar-refractivity contribution in [1.29, 1.82) is 0 Å². The van der Waals surface area contributed by atoms with E-state index in [1.165, 1.54) is 0 Å². The van der Waals surface area contributed by atoms with E-state index in [1.807, 2.05) is 13.8 Å². The predicted molar refractivity (Wildman–Crippen MR) is 83.8 cm³/mol. The molecule has 1 aromatic carbocycles. The van der Waals surface area contributed by atoms with Crippen LogP contribution in [0.25, 0.3) is 0 Å². The molecule has 1 unspecified atom stereocenters. The lowest BCUT2D eigenvalue weighted by molar-refractivity contribution is -0.0907. The van der Waals surface area contributed by atoms with Crippen molar-refractivity contribution in [3.63, 3.8) is 0 Å². The molecular weight excluding hydrogens is 328 g/mol. The molecule has 0 N–H and O–H groups in total. The largest absolute Gasteiger partial charge is 0.464 e. The van der Waals surface area contributed by atoms with Gasteiger partial charge in [-0.25, -0.2) is 0 Å². The number of hydrogen-bond donors (Lipinski definition) is 0. The van der Waals surface area contributed by atoms with E-state index in [0.717, 1.165) is 11.8 Å². The summed E-state index contributed by atoms with van der Waals surface area (Å²) in [7, 11) is -3.57. The van der Waals surface area contributed by atoms with Gasteiger partial charge >= 0.3 is 10.1 Å². The molecule has 0 fully saturated rings. The molecule has 1 aliphatic rings. The van der Waals surface area contributed by atoms with Gasteiger partial charge in [-0.2, -0.15) is 8.42 Å². The topological polar surface area (TPSA) is 61.8 Å². The van der Waals surface area contributed by atoms with Gasteiger partial charge in [0.2, 0.25) is 6.29 Å². The molecule has 1 atom stereocenters. The van der Waals surface area contributed by atoms with E-state index in [1.54, 1.807) is 18.2 Å². The second-order valence-electron chi connectivity index (χ2n) is 5.42. The molecule has 1 aliphatic heterocycles. The molecule has 0 aliphatic carbocycles. The van der Waals surface area contributed by atoms with E-state index in [9.17, 15) is 8.42 Å². The van der Waals surface area contributed by atoms with Crippen LogP contribution in [-0.4, -0.2) is 33.5 Å². The summed E-state index contributed by atoms with van der Waals surface area (Å²) in [5.74, 6) is 6.63. The van der Waals surface area contributed by atoms with Gasteiger partial charge in [-0.3, -0.25) is 0 Å². The van der Waals surface area contributed by atoms with Gasteiger partial charge in [-0.05, 0) is 32.0 Å². The molecule has 1 aromatic rings. The van der Waals surface area contributed by atoms with Crippen molar-refractivity contribution in [3.05, 3.63) is 23.8 Å². The Morgan fingerprint density at radius 3 is 2.73 bits per heavy atom. The van der Waals surface area contributed by atoms with E-state index in [2.05, 4.69) is 11.8 Å². The van der Waals surface area contributed by atoms with Gasteiger partial charge < -0.3 is 13.7 Å². The van der Waals surface area contributed by atoms with Crippen LogP contribution < -0.4 is 8.92 Å². The highest BCUT2D eigenvalue weighted by atomic mass is 35.5. The Balaban J connectivity index is 2.19. The van der Waals surface area contributed by atoms with Gasteiger partial charge in [0.05, 0.1) is 17.6 Å². The lowest BCUT2D eigenvalue weighted by Crippen LogP contribution is -2.34. The molecule has 0 aromatic heterocycles. The van der Waals surface area contributed by atoms with Crippen molar-refractivity contribution in [1.82, 2.24) is 0 Å². The fraction of sp³-hybridized carbons (Fsp3) is 0.467. The highest BCUT2D eigenvalue weighted by molar-refractivity contribution is 7.86.